The molecule has 3 aromatic carbocycles. The molecular formula is C26H30N2O2. The number of ether oxygens (including phenoxy) is 1. The molecule has 0 bridgehead atoms. The summed E-state index contributed by atoms with van der Waals surface area (Å²) in [6.07, 6.45) is 2.57. The van der Waals surface area contributed by atoms with Gasteiger partial charge < -0.3 is 15.0 Å². The molecule has 0 saturated carbocycles. The third kappa shape index (κ3) is 4.93. The van der Waals surface area contributed by atoms with Gasteiger partial charge in [0.05, 0.1) is 6.04 Å². The van der Waals surface area contributed by atoms with Crippen LogP contribution in [0, 0.1) is 5.92 Å². The Hall–Kier alpha value is -3.01. The number of piperidine rings is 1. The van der Waals surface area contributed by atoms with Crippen molar-refractivity contribution < 1.29 is 9.53 Å². The molecule has 0 radical (unpaired) electrons. The van der Waals surface area contributed by atoms with E-state index in [1.54, 1.807) is 0 Å². The van der Waals surface area contributed by atoms with E-state index in [0.29, 0.717) is 5.75 Å². The first-order chi connectivity index (χ1) is 14.6. The molecule has 4 nitrogen and oxygen atoms in total. The molecule has 1 heterocycles. The van der Waals surface area contributed by atoms with E-state index < -0.39 is 0 Å². The van der Waals surface area contributed by atoms with Crippen molar-refractivity contribution in [2.24, 2.45) is 5.92 Å². The average molecular weight is 403 g/mol. The summed E-state index contributed by atoms with van der Waals surface area (Å²) in [5, 5.41) is 5.29. The normalized spacial score (nSPS) is 17.5. The number of hydrogen-bond acceptors (Lipinski definition) is 3. The van der Waals surface area contributed by atoms with E-state index in [-0.39, 0.29) is 18.6 Å². The number of anilines is 1. The maximum atomic E-state index is 12.4. The van der Waals surface area contributed by atoms with Gasteiger partial charge in [-0.3, -0.25) is 4.79 Å². The van der Waals surface area contributed by atoms with Crippen molar-refractivity contribution in [3.8, 4) is 5.75 Å². The van der Waals surface area contributed by atoms with Gasteiger partial charge >= 0.3 is 0 Å². The number of carbonyl (C=O) groups excluding carboxylic acids is 1. The molecule has 4 heteroatoms. The number of hydrogen-bond donors (Lipinski definition) is 1. The molecule has 1 fully saturated rings. The standard InChI is InChI=1S/C26H30N2O2/c1-19-6-5-15-28(17-19)24-12-9-21(10-13-24)20(2)27-26(29)18-30-25-14-11-22-7-3-4-8-23(22)16-25/h3-4,7-14,16,19-20H,5-6,15,17-18H2,1-2H3,(H,27,29)/t19-,20-/m1/s1. The van der Waals surface area contributed by atoms with E-state index in [4.69, 9.17) is 4.74 Å². The van der Waals surface area contributed by atoms with Crippen LogP contribution in [-0.4, -0.2) is 25.6 Å². The maximum absolute atomic E-state index is 12.4. The van der Waals surface area contributed by atoms with E-state index >= 15 is 0 Å². The molecule has 1 aliphatic heterocycles. The van der Waals surface area contributed by atoms with Crippen molar-refractivity contribution >= 4 is 22.4 Å². The van der Waals surface area contributed by atoms with Crippen molar-refractivity contribution in [2.75, 3.05) is 24.6 Å². The summed E-state index contributed by atoms with van der Waals surface area (Å²) < 4.78 is 5.70. The number of benzene rings is 3. The first-order valence-corrected chi connectivity index (χ1v) is 10.8. The van der Waals surface area contributed by atoms with Crippen LogP contribution in [0.15, 0.2) is 66.7 Å². The average Bonchev–Trinajstić information content (AvgIpc) is 2.77. The second-order valence-corrected chi connectivity index (χ2v) is 8.37. The summed E-state index contributed by atoms with van der Waals surface area (Å²) in [4.78, 5) is 14.8. The van der Waals surface area contributed by atoms with Crippen LogP contribution in [0.4, 0.5) is 5.69 Å². The van der Waals surface area contributed by atoms with Crippen molar-refractivity contribution in [3.63, 3.8) is 0 Å². The number of carbonyl (C=O) groups is 1. The zero-order chi connectivity index (χ0) is 20.9. The Morgan fingerprint density at radius 3 is 2.63 bits per heavy atom. The van der Waals surface area contributed by atoms with Gasteiger partial charge in [0.25, 0.3) is 5.91 Å². The highest BCUT2D eigenvalue weighted by atomic mass is 16.5. The third-order valence-corrected chi connectivity index (χ3v) is 5.88. The van der Waals surface area contributed by atoms with Gasteiger partial charge in [0.15, 0.2) is 6.61 Å². The summed E-state index contributed by atoms with van der Waals surface area (Å²) in [6.45, 7) is 6.58. The Morgan fingerprint density at radius 2 is 1.87 bits per heavy atom. The summed E-state index contributed by atoms with van der Waals surface area (Å²) in [5.74, 6) is 1.33. The van der Waals surface area contributed by atoms with Crippen molar-refractivity contribution in [1.29, 1.82) is 0 Å². The lowest BCUT2D eigenvalue weighted by molar-refractivity contribution is -0.123. The van der Waals surface area contributed by atoms with Gasteiger partial charge in [0, 0.05) is 18.8 Å². The monoisotopic (exact) mass is 402 g/mol. The Bertz CT molecular complexity index is 999. The lowest BCUT2D eigenvalue weighted by atomic mass is 9.99. The largest absolute Gasteiger partial charge is 0.484 e. The minimum atomic E-state index is -0.121. The SMILES string of the molecule is C[C@@H]1CCCN(c2ccc([C@@H](C)NC(=O)COc3ccc4ccccc4c3)cc2)C1. The number of rotatable bonds is 6. The molecule has 156 valence electrons. The Balaban J connectivity index is 1.30. The first-order valence-electron chi connectivity index (χ1n) is 10.8. The number of fused-ring (bicyclic) bond motifs is 1. The molecule has 3 aromatic rings. The van der Waals surface area contributed by atoms with E-state index in [0.717, 1.165) is 35.3 Å². The fraction of sp³-hybridized carbons (Fsp3) is 0.346. The van der Waals surface area contributed by atoms with Gasteiger partial charge in [0.1, 0.15) is 5.75 Å². The summed E-state index contributed by atoms with van der Waals surface area (Å²) >= 11 is 0. The van der Waals surface area contributed by atoms with Gasteiger partial charge in [-0.25, -0.2) is 0 Å². The van der Waals surface area contributed by atoms with Crippen LogP contribution in [0.3, 0.4) is 0 Å². The maximum Gasteiger partial charge on any atom is 0.258 e. The lowest BCUT2D eigenvalue weighted by Gasteiger charge is -2.33. The smallest absolute Gasteiger partial charge is 0.258 e. The molecule has 0 spiro atoms. The van der Waals surface area contributed by atoms with Crippen LogP contribution in [0.25, 0.3) is 10.8 Å². The van der Waals surface area contributed by atoms with Gasteiger partial charge in [-0.15, -0.1) is 0 Å². The topological polar surface area (TPSA) is 41.6 Å². The molecule has 1 amide bonds. The van der Waals surface area contributed by atoms with E-state index in [1.807, 2.05) is 43.3 Å². The predicted octanol–water partition coefficient (Wildman–Crippen LogP) is 5.33. The number of amides is 1. The highest BCUT2D eigenvalue weighted by Crippen LogP contribution is 2.25. The van der Waals surface area contributed by atoms with Crippen LogP contribution in [-0.2, 0) is 4.79 Å². The Kier molecular flexibility index (Phi) is 6.22. The molecule has 0 aromatic heterocycles. The van der Waals surface area contributed by atoms with Gasteiger partial charge in [0.2, 0.25) is 0 Å². The van der Waals surface area contributed by atoms with E-state index in [1.165, 1.54) is 18.5 Å². The molecule has 1 aliphatic rings. The summed E-state index contributed by atoms with van der Waals surface area (Å²) in [5.41, 5.74) is 2.37. The van der Waals surface area contributed by atoms with Gasteiger partial charge in [-0.2, -0.15) is 0 Å². The third-order valence-electron chi connectivity index (χ3n) is 5.88. The first kappa shape index (κ1) is 20.3. The Morgan fingerprint density at radius 1 is 1.10 bits per heavy atom. The molecule has 0 aliphatic carbocycles. The van der Waals surface area contributed by atoms with Gasteiger partial charge in [-0.1, -0.05) is 49.4 Å². The summed E-state index contributed by atoms with van der Waals surface area (Å²) in [7, 11) is 0. The molecular weight excluding hydrogens is 372 g/mol. The molecule has 4 rings (SSSR count). The minimum absolute atomic E-state index is 0.00638. The quantitative estimate of drug-likeness (QED) is 0.606. The zero-order valence-electron chi connectivity index (χ0n) is 17.8. The van der Waals surface area contributed by atoms with Crippen LogP contribution in [0.1, 0.15) is 38.3 Å². The van der Waals surface area contributed by atoms with Crippen LogP contribution < -0.4 is 15.0 Å². The molecule has 1 saturated heterocycles. The molecule has 30 heavy (non-hydrogen) atoms. The molecule has 1 N–H and O–H groups in total. The lowest BCUT2D eigenvalue weighted by Crippen LogP contribution is -2.34. The summed E-state index contributed by atoms with van der Waals surface area (Å²) in [6, 6.07) is 22.5. The van der Waals surface area contributed by atoms with E-state index in [9.17, 15) is 4.79 Å². The van der Waals surface area contributed by atoms with Crippen molar-refractivity contribution in [2.45, 2.75) is 32.7 Å². The second-order valence-electron chi connectivity index (χ2n) is 8.37. The fourth-order valence-electron chi connectivity index (χ4n) is 4.17. The van der Waals surface area contributed by atoms with Crippen LogP contribution in [0.5, 0.6) is 5.75 Å². The Labute approximate surface area is 178 Å². The fourth-order valence-corrected chi connectivity index (χ4v) is 4.17. The van der Waals surface area contributed by atoms with Crippen molar-refractivity contribution in [1.82, 2.24) is 5.32 Å². The van der Waals surface area contributed by atoms with Gasteiger partial charge in [-0.05, 0) is 66.3 Å². The number of nitrogens with one attached hydrogen (secondary N) is 1. The molecule has 0 unspecified atom stereocenters. The van der Waals surface area contributed by atoms with E-state index in [2.05, 4.69) is 47.5 Å². The predicted molar refractivity (Wildman–Crippen MR) is 123 cm³/mol. The van der Waals surface area contributed by atoms with Crippen LogP contribution >= 0.6 is 0 Å². The van der Waals surface area contributed by atoms with Crippen LogP contribution in [0.2, 0.25) is 0 Å². The number of nitrogens with zero attached hydrogens (tertiary/aromatic N) is 1. The molecule has 2 atom stereocenters. The highest BCUT2D eigenvalue weighted by Gasteiger charge is 2.17. The minimum Gasteiger partial charge on any atom is -0.484 e. The highest BCUT2D eigenvalue weighted by molar-refractivity contribution is 5.84. The van der Waals surface area contributed by atoms with Crippen molar-refractivity contribution in [3.05, 3.63) is 72.3 Å². The zero-order valence-corrected chi connectivity index (χ0v) is 17.8. The second kappa shape index (κ2) is 9.21.